The third-order valence-corrected chi connectivity index (χ3v) is 3.76. The summed E-state index contributed by atoms with van der Waals surface area (Å²) in [7, 11) is 0. The lowest BCUT2D eigenvalue weighted by molar-refractivity contribution is -0.141. The number of carbonyl (C=O) groups excluding carboxylic acids is 1. The molecule has 0 aromatic carbocycles. The Bertz CT molecular complexity index is 699. The molecule has 1 amide bonds. The molecule has 1 atom stereocenters. The van der Waals surface area contributed by atoms with Gasteiger partial charge in [-0.1, -0.05) is 0 Å². The number of carboxylic acids is 1. The van der Waals surface area contributed by atoms with E-state index in [0.717, 1.165) is 4.47 Å². The Morgan fingerprint density at radius 3 is 2.95 bits per heavy atom. The fourth-order valence-corrected chi connectivity index (χ4v) is 2.72. The van der Waals surface area contributed by atoms with Gasteiger partial charge in [0.25, 0.3) is 5.91 Å². The highest BCUT2D eigenvalue weighted by Crippen LogP contribution is 2.22. The Morgan fingerprint density at radius 2 is 2.20 bits per heavy atom. The first-order valence-corrected chi connectivity index (χ1v) is 6.90. The van der Waals surface area contributed by atoms with Gasteiger partial charge in [-0.15, -0.1) is 0 Å². The fraction of sp³-hybridized carbons (Fsp3) is 0.333. The minimum absolute atomic E-state index is 0.325. The molecule has 2 aromatic rings. The molecule has 1 aliphatic heterocycles. The largest absolute Gasteiger partial charge is 0.480 e. The van der Waals surface area contributed by atoms with Crippen LogP contribution in [0.25, 0.3) is 5.65 Å². The van der Waals surface area contributed by atoms with Crippen molar-refractivity contribution in [1.29, 1.82) is 0 Å². The monoisotopic (exact) mass is 338 g/mol. The molecule has 3 rings (SSSR count). The summed E-state index contributed by atoms with van der Waals surface area (Å²) in [4.78, 5) is 29.2. The molecule has 1 N–H and O–H groups in total. The summed E-state index contributed by atoms with van der Waals surface area (Å²) in [5.74, 6) is -1.30. The van der Waals surface area contributed by atoms with E-state index in [4.69, 9.17) is 5.11 Å². The predicted molar refractivity (Wildman–Crippen MR) is 72.4 cm³/mol. The maximum Gasteiger partial charge on any atom is 0.326 e. The number of halogens is 1. The van der Waals surface area contributed by atoms with Crippen LogP contribution in [0.3, 0.4) is 0 Å². The van der Waals surface area contributed by atoms with Gasteiger partial charge in [-0.25, -0.2) is 14.3 Å². The van der Waals surface area contributed by atoms with Crippen LogP contribution in [0.4, 0.5) is 0 Å². The first kappa shape index (κ1) is 13.0. The zero-order chi connectivity index (χ0) is 14.3. The maximum atomic E-state index is 12.5. The maximum absolute atomic E-state index is 12.5. The second kappa shape index (κ2) is 4.86. The molecule has 3 heterocycles. The number of fused-ring (bicyclic) bond motifs is 1. The Balaban J connectivity index is 1.98. The van der Waals surface area contributed by atoms with Gasteiger partial charge < -0.3 is 10.0 Å². The van der Waals surface area contributed by atoms with Crippen LogP contribution in [-0.4, -0.2) is 49.1 Å². The highest BCUT2D eigenvalue weighted by molar-refractivity contribution is 9.10. The molecule has 104 valence electrons. The van der Waals surface area contributed by atoms with Crippen molar-refractivity contribution in [2.24, 2.45) is 0 Å². The standard InChI is InChI=1S/C12H11BrN4O3/c13-7-4-14-10-8(5-15-17(10)6-7)11(18)16-3-1-2-9(16)12(19)20/h4-6,9H,1-3H2,(H,19,20)/t9-/m1/s1. The average Bonchev–Trinajstić information content (AvgIpc) is 3.03. The third kappa shape index (κ3) is 2.05. The quantitative estimate of drug-likeness (QED) is 0.888. The van der Waals surface area contributed by atoms with Crippen LogP contribution in [0.2, 0.25) is 0 Å². The number of nitrogens with zero attached hydrogens (tertiary/aromatic N) is 4. The number of aromatic nitrogens is 3. The number of carboxylic acid groups (broad SMARTS) is 1. The van der Waals surface area contributed by atoms with Crippen molar-refractivity contribution in [1.82, 2.24) is 19.5 Å². The van der Waals surface area contributed by atoms with Gasteiger partial charge in [0.15, 0.2) is 5.65 Å². The molecule has 8 heteroatoms. The highest BCUT2D eigenvalue weighted by atomic mass is 79.9. The van der Waals surface area contributed by atoms with Gasteiger partial charge in [-0.05, 0) is 28.8 Å². The molecular weight excluding hydrogens is 328 g/mol. The minimum atomic E-state index is -0.969. The highest BCUT2D eigenvalue weighted by Gasteiger charge is 2.35. The summed E-state index contributed by atoms with van der Waals surface area (Å²) < 4.78 is 2.24. The van der Waals surface area contributed by atoms with Gasteiger partial charge in [0.05, 0.1) is 10.7 Å². The lowest BCUT2D eigenvalue weighted by Crippen LogP contribution is -2.40. The van der Waals surface area contributed by atoms with Crippen LogP contribution < -0.4 is 0 Å². The Morgan fingerprint density at radius 1 is 1.40 bits per heavy atom. The lowest BCUT2D eigenvalue weighted by atomic mass is 10.2. The van der Waals surface area contributed by atoms with E-state index in [1.54, 1.807) is 12.4 Å². The fourth-order valence-electron chi connectivity index (χ4n) is 2.42. The zero-order valence-electron chi connectivity index (χ0n) is 10.4. The molecule has 1 aliphatic rings. The van der Waals surface area contributed by atoms with Crippen molar-refractivity contribution in [3.05, 3.63) is 28.6 Å². The zero-order valence-corrected chi connectivity index (χ0v) is 11.9. The minimum Gasteiger partial charge on any atom is -0.480 e. The van der Waals surface area contributed by atoms with E-state index in [2.05, 4.69) is 26.0 Å². The van der Waals surface area contributed by atoms with E-state index < -0.39 is 12.0 Å². The topological polar surface area (TPSA) is 87.8 Å². The number of carbonyl (C=O) groups is 2. The summed E-state index contributed by atoms with van der Waals surface area (Å²) in [5.41, 5.74) is 0.750. The van der Waals surface area contributed by atoms with E-state index in [-0.39, 0.29) is 5.91 Å². The van der Waals surface area contributed by atoms with Gasteiger partial charge in [0.1, 0.15) is 11.6 Å². The van der Waals surface area contributed by atoms with Crippen molar-refractivity contribution in [2.45, 2.75) is 18.9 Å². The average molecular weight is 339 g/mol. The normalized spacial score (nSPS) is 18.6. The Labute approximate surface area is 122 Å². The Hall–Kier alpha value is -1.96. The first-order valence-electron chi connectivity index (χ1n) is 6.10. The SMILES string of the molecule is O=C(O)[C@H]1CCCN1C(=O)c1cnn2cc(Br)cnc12. The van der Waals surface area contributed by atoms with Gasteiger partial charge >= 0.3 is 5.97 Å². The number of hydrogen-bond acceptors (Lipinski definition) is 4. The number of amides is 1. The van der Waals surface area contributed by atoms with Crippen LogP contribution in [-0.2, 0) is 4.79 Å². The second-order valence-electron chi connectivity index (χ2n) is 4.59. The number of hydrogen-bond donors (Lipinski definition) is 1. The van der Waals surface area contributed by atoms with Gasteiger partial charge in [0.2, 0.25) is 0 Å². The number of likely N-dealkylation sites (tertiary alicyclic amines) is 1. The summed E-state index contributed by atoms with van der Waals surface area (Å²) >= 11 is 3.28. The van der Waals surface area contributed by atoms with Crippen LogP contribution in [0.15, 0.2) is 23.1 Å². The van der Waals surface area contributed by atoms with Crippen molar-refractivity contribution in [3.63, 3.8) is 0 Å². The molecule has 0 spiro atoms. The van der Waals surface area contributed by atoms with E-state index in [9.17, 15) is 9.59 Å². The molecule has 0 aliphatic carbocycles. The molecule has 0 saturated carbocycles. The lowest BCUT2D eigenvalue weighted by Gasteiger charge is -2.20. The van der Waals surface area contributed by atoms with Crippen LogP contribution >= 0.6 is 15.9 Å². The molecule has 1 fully saturated rings. The molecule has 1 saturated heterocycles. The first-order chi connectivity index (χ1) is 9.58. The number of aliphatic carboxylic acids is 1. The van der Waals surface area contributed by atoms with Crippen molar-refractivity contribution < 1.29 is 14.7 Å². The van der Waals surface area contributed by atoms with Crippen LogP contribution in [0, 0.1) is 0 Å². The van der Waals surface area contributed by atoms with E-state index in [0.29, 0.717) is 30.6 Å². The third-order valence-electron chi connectivity index (χ3n) is 3.35. The number of rotatable bonds is 2. The van der Waals surface area contributed by atoms with Crippen molar-refractivity contribution in [2.75, 3.05) is 6.54 Å². The summed E-state index contributed by atoms with van der Waals surface area (Å²) in [6.45, 7) is 0.448. The van der Waals surface area contributed by atoms with Crippen molar-refractivity contribution >= 4 is 33.5 Å². The van der Waals surface area contributed by atoms with Gasteiger partial charge in [-0.2, -0.15) is 5.10 Å². The molecule has 20 heavy (non-hydrogen) atoms. The smallest absolute Gasteiger partial charge is 0.326 e. The van der Waals surface area contributed by atoms with E-state index >= 15 is 0 Å². The van der Waals surface area contributed by atoms with E-state index in [1.165, 1.54) is 15.6 Å². The van der Waals surface area contributed by atoms with Crippen LogP contribution in [0.1, 0.15) is 23.2 Å². The Kier molecular flexibility index (Phi) is 3.17. The van der Waals surface area contributed by atoms with Crippen LogP contribution in [0.5, 0.6) is 0 Å². The molecule has 0 unspecified atom stereocenters. The second-order valence-corrected chi connectivity index (χ2v) is 5.51. The molecule has 7 nitrogen and oxygen atoms in total. The van der Waals surface area contributed by atoms with Gasteiger partial charge in [0, 0.05) is 18.9 Å². The summed E-state index contributed by atoms with van der Waals surface area (Å²) in [5, 5.41) is 13.2. The molecular formula is C12H11BrN4O3. The predicted octanol–water partition coefficient (Wildman–Crippen LogP) is 1.18. The van der Waals surface area contributed by atoms with Crippen molar-refractivity contribution in [3.8, 4) is 0 Å². The molecule has 2 aromatic heterocycles. The van der Waals surface area contributed by atoms with E-state index in [1.807, 2.05) is 0 Å². The molecule has 0 radical (unpaired) electrons. The molecule has 0 bridgehead atoms. The van der Waals surface area contributed by atoms with Gasteiger partial charge in [-0.3, -0.25) is 4.79 Å². The summed E-state index contributed by atoms with van der Waals surface area (Å²) in [6.07, 6.45) is 5.87. The summed E-state index contributed by atoms with van der Waals surface area (Å²) in [6, 6.07) is -0.757.